The molecule has 1 aliphatic heterocycles. The topological polar surface area (TPSA) is 205 Å². The molecule has 3 heterocycles. The van der Waals surface area contributed by atoms with Crippen LogP contribution >= 0.6 is 11.3 Å². The molecule has 272 valence electrons. The Labute approximate surface area is 303 Å². The fourth-order valence-corrected chi connectivity index (χ4v) is 7.83. The third kappa shape index (κ3) is 7.13. The van der Waals surface area contributed by atoms with Crippen LogP contribution in [0, 0.1) is 11.3 Å². The number of carboxylic acid groups (broad SMARTS) is 1. The van der Waals surface area contributed by atoms with Crippen molar-refractivity contribution in [3.63, 3.8) is 0 Å². The van der Waals surface area contributed by atoms with Crippen molar-refractivity contribution in [3.05, 3.63) is 84.3 Å². The number of para-hydroxylation sites is 2. The number of rotatable bonds is 11. The van der Waals surface area contributed by atoms with E-state index in [1.54, 1.807) is 26.8 Å². The number of likely N-dealkylation sites (tertiary alicyclic amines) is 1. The zero-order valence-electron chi connectivity index (χ0n) is 28.5. The average molecular weight is 748 g/mol. The number of nitrogens with zero attached hydrogens (tertiary/aromatic N) is 3. The van der Waals surface area contributed by atoms with Gasteiger partial charge in [-0.2, -0.15) is 0 Å². The Hall–Kier alpha value is -5.19. The Balaban J connectivity index is 1.27. The fraction of sp³-hybridized carbons (Fsp3) is 0.333. The number of sulfonamides is 1. The number of amides is 3. The number of aliphatic hydroxyl groups excluding tert-OH is 1. The second kappa shape index (κ2) is 13.7. The average Bonchev–Trinajstić information content (AvgIpc) is 3.38. The molecule has 52 heavy (non-hydrogen) atoms. The molecule has 1 saturated carbocycles. The van der Waals surface area contributed by atoms with Gasteiger partial charge in [-0.3, -0.25) is 14.4 Å². The zero-order valence-corrected chi connectivity index (χ0v) is 30.1. The highest BCUT2D eigenvalue weighted by Gasteiger charge is 2.61. The van der Waals surface area contributed by atoms with Crippen LogP contribution in [0.15, 0.2) is 83.6 Å². The second-order valence-corrected chi connectivity index (χ2v) is 16.5. The molecule has 3 amide bonds. The third-order valence-corrected chi connectivity index (χ3v) is 11.4. The Bertz CT molecular complexity index is 2170. The summed E-state index contributed by atoms with van der Waals surface area (Å²) in [6, 6.07) is 14.1. The lowest BCUT2D eigenvalue weighted by Crippen LogP contribution is -2.57. The van der Waals surface area contributed by atoms with Gasteiger partial charge in [-0.05, 0) is 59.7 Å². The third-order valence-electron chi connectivity index (χ3n) is 9.16. The van der Waals surface area contributed by atoms with Crippen LogP contribution in [0.2, 0.25) is 0 Å². The van der Waals surface area contributed by atoms with Crippen molar-refractivity contribution in [1.82, 2.24) is 24.9 Å². The number of benzene rings is 2. The maximum Gasteiger partial charge on any atom is 0.335 e. The molecule has 2 aliphatic rings. The van der Waals surface area contributed by atoms with E-state index in [4.69, 9.17) is 19.8 Å². The number of thiophene rings is 1. The smallest absolute Gasteiger partial charge is 0.335 e. The van der Waals surface area contributed by atoms with Crippen LogP contribution in [0.4, 0.5) is 0 Å². The number of hydrogen-bond acceptors (Lipinski definition) is 11. The van der Waals surface area contributed by atoms with E-state index in [0.29, 0.717) is 16.7 Å². The van der Waals surface area contributed by atoms with Crippen LogP contribution in [-0.2, 0) is 24.4 Å². The molecule has 1 saturated heterocycles. The van der Waals surface area contributed by atoms with Crippen LogP contribution in [0.5, 0.6) is 5.88 Å². The van der Waals surface area contributed by atoms with Crippen molar-refractivity contribution in [2.75, 3.05) is 6.54 Å². The highest BCUT2D eigenvalue weighted by Crippen LogP contribution is 2.45. The summed E-state index contributed by atoms with van der Waals surface area (Å²) in [4.78, 5) is 63.9. The first kappa shape index (κ1) is 36.6. The molecule has 0 bridgehead atoms. The predicted octanol–water partition coefficient (Wildman–Crippen LogP) is 3.38. The van der Waals surface area contributed by atoms with E-state index in [-0.39, 0.29) is 35.7 Å². The number of nitrogens with one attached hydrogen (secondary N) is 2. The van der Waals surface area contributed by atoms with Crippen molar-refractivity contribution in [3.8, 4) is 16.5 Å². The molecule has 6 rings (SSSR count). The monoisotopic (exact) mass is 747 g/mol. The summed E-state index contributed by atoms with van der Waals surface area (Å²) in [5.41, 5.74) is -1.03. The minimum atomic E-state index is -4.47. The standard InChI is InChI=1S/C36H37N5O9S2/c1-5-21-18-36(21,34(47)40-52(48,49)23-14-12-20(13-15-23)33(45)46)39-30(43)26-17-22(19-41(26)32(44)29(42)35(2,3)4)50-31-28(27-11-8-16-51-27)37-24-9-6-7-10-25(24)38-31/h5-16,21-22,26,29,42H,1,17-19H2,2-4H3,(H,39,43)(H,40,47)(H,45,46)/t21-,22-,26+,29-,36-/m1/s1. The van der Waals surface area contributed by atoms with Crippen molar-refractivity contribution in [2.45, 2.75) is 62.3 Å². The normalized spacial score (nSPS) is 22.0. The van der Waals surface area contributed by atoms with Crippen molar-refractivity contribution in [1.29, 1.82) is 0 Å². The summed E-state index contributed by atoms with van der Waals surface area (Å²) >= 11 is 1.44. The van der Waals surface area contributed by atoms with Gasteiger partial charge in [0.1, 0.15) is 29.5 Å². The van der Waals surface area contributed by atoms with Gasteiger partial charge in [0.05, 0.1) is 32.9 Å². The number of carboxylic acids is 1. The Morgan fingerprint density at radius 2 is 1.73 bits per heavy atom. The maximum absolute atomic E-state index is 14.1. The van der Waals surface area contributed by atoms with Crippen molar-refractivity contribution in [2.24, 2.45) is 11.3 Å². The van der Waals surface area contributed by atoms with Crippen LogP contribution in [0.3, 0.4) is 0 Å². The number of hydrogen-bond donors (Lipinski definition) is 4. The molecule has 5 atom stereocenters. The maximum atomic E-state index is 14.1. The van der Waals surface area contributed by atoms with Gasteiger partial charge >= 0.3 is 5.97 Å². The molecule has 0 radical (unpaired) electrons. The van der Waals surface area contributed by atoms with Gasteiger partial charge in [-0.1, -0.05) is 45.0 Å². The first-order valence-electron chi connectivity index (χ1n) is 16.3. The number of carbonyl (C=O) groups excluding carboxylic acids is 3. The van der Waals surface area contributed by atoms with Crippen LogP contribution in [0.25, 0.3) is 21.6 Å². The SMILES string of the molecule is C=C[C@@H]1C[C@]1(NC(=O)[C@@H]1C[C@@H](Oc2nc3ccccc3nc2-c2cccs2)CN1C(=O)[C@@H](O)C(C)(C)C)C(=O)NS(=O)(=O)c1ccc(C(=O)O)cc1. The minimum absolute atomic E-state index is 0.0314. The first-order valence-corrected chi connectivity index (χ1v) is 18.7. The summed E-state index contributed by atoms with van der Waals surface area (Å²) < 4.78 is 34.7. The molecule has 1 aliphatic carbocycles. The Morgan fingerprint density at radius 3 is 2.31 bits per heavy atom. The quantitative estimate of drug-likeness (QED) is 0.164. The second-order valence-electron chi connectivity index (χ2n) is 13.9. The van der Waals surface area contributed by atoms with Gasteiger partial charge in [-0.15, -0.1) is 17.9 Å². The molecule has 14 nitrogen and oxygen atoms in total. The number of aromatic carboxylic acids is 1. The van der Waals surface area contributed by atoms with Crippen molar-refractivity contribution < 1.29 is 42.5 Å². The number of aliphatic hydroxyl groups is 1. The number of ether oxygens (including phenoxy) is 1. The highest BCUT2D eigenvalue weighted by molar-refractivity contribution is 7.90. The van der Waals surface area contributed by atoms with E-state index < -0.39 is 68.8 Å². The van der Waals surface area contributed by atoms with Gasteiger partial charge in [0.25, 0.3) is 21.8 Å². The van der Waals surface area contributed by atoms with E-state index in [1.807, 2.05) is 40.4 Å². The summed E-state index contributed by atoms with van der Waals surface area (Å²) in [7, 11) is -4.47. The van der Waals surface area contributed by atoms with Gasteiger partial charge in [0.15, 0.2) is 0 Å². The lowest BCUT2D eigenvalue weighted by Gasteiger charge is -2.32. The molecular weight excluding hydrogens is 711 g/mol. The number of aromatic nitrogens is 2. The summed E-state index contributed by atoms with van der Waals surface area (Å²) in [5.74, 6) is -4.20. The summed E-state index contributed by atoms with van der Waals surface area (Å²) in [6.45, 7) is 8.66. The molecule has 2 aromatic carbocycles. The van der Waals surface area contributed by atoms with E-state index in [0.717, 1.165) is 29.1 Å². The molecule has 0 unspecified atom stereocenters. The minimum Gasteiger partial charge on any atom is -0.478 e. The van der Waals surface area contributed by atoms with Crippen LogP contribution in [0.1, 0.15) is 44.0 Å². The van der Waals surface area contributed by atoms with E-state index in [9.17, 15) is 32.7 Å². The molecule has 16 heteroatoms. The molecule has 4 aromatic rings. The first-order chi connectivity index (χ1) is 24.5. The van der Waals surface area contributed by atoms with Crippen molar-refractivity contribution >= 4 is 56.1 Å². The van der Waals surface area contributed by atoms with Crippen LogP contribution < -0.4 is 14.8 Å². The predicted molar refractivity (Wildman–Crippen MR) is 191 cm³/mol. The molecule has 0 spiro atoms. The Kier molecular flexibility index (Phi) is 9.67. The molecule has 2 fully saturated rings. The van der Waals surface area contributed by atoms with Gasteiger partial charge < -0.3 is 25.2 Å². The molecular formula is C36H37N5O9S2. The largest absolute Gasteiger partial charge is 0.478 e. The summed E-state index contributed by atoms with van der Waals surface area (Å²) in [5, 5.41) is 24.7. The fourth-order valence-electron chi connectivity index (χ4n) is 6.09. The summed E-state index contributed by atoms with van der Waals surface area (Å²) in [6.07, 6.45) is -0.859. The number of carbonyl (C=O) groups is 4. The molecule has 4 N–H and O–H groups in total. The lowest BCUT2D eigenvalue weighted by atomic mass is 9.88. The van der Waals surface area contributed by atoms with E-state index in [1.165, 1.54) is 22.3 Å². The van der Waals surface area contributed by atoms with E-state index >= 15 is 0 Å². The van der Waals surface area contributed by atoms with E-state index in [2.05, 4.69) is 11.9 Å². The van der Waals surface area contributed by atoms with Crippen LogP contribution in [-0.4, -0.2) is 87.5 Å². The van der Waals surface area contributed by atoms with Gasteiger partial charge in [0.2, 0.25) is 11.8 Å². The highest BCUT2D eigenvalue weighted by atomic mass is 32.2. The number of fused-ring (bicyclic) bond motifs is 1. The van der Waals surface area contributed by atoms with Gasteiger partial charge in [0, 0.05) is 12.3 Å². The lowest BCUT2D eigenvalue weighted by molar-refractivity contribution is -0.150. The molecule has 2 aromatic heterocycles. The van der Waals surface area contributed by atoms with Gasteiger partial charge in [-0.25, -0.2) is 27.9 Å². The Morgan fingerprint density at radius 1 is 1.06 bits per heavy atom. The zero-order chi connectivity index (χ0) is 37.6.